The third-order valence-corrected chi connectivity index (χ3v) is 1.78. The lowest BCUT2D eigenvalue weighted by molar-refractivity contribution is -0.00669. The van der Waals surface area contributed by atoms with E-state index in [1.54, 1.807) is 7.11 Å². The van der Waals surface area contributed by atoms with Gasteiger partial charge in [-0.25, -0.2) is 0 Å². The van der Waals surface area contributed by atoms with Crippen LogP contribution in [0.1, 0.15) is 19.8 Å². The molecule has 1 fully saturated rings. The first-order valence-electron chi connectivity index (χ1n) is 3.07. The lowest BCUT2D eigenvalue weighted by Crippen LogP contribution is -2.37. The molecule has 2 nitrogen and oxygen atoms in total. The highest BCUT2D eigenvalue weighted by Gasteiger charge is 2.26. The quantitative estimate of drug-likeness (QED) is 0.544. The second-order valence-corrected chi connectivity index (χ2v) is 2.47. The van der Waals surface area contributed by atoms with Crippen molar-refractivity contribution in [3.63, 3.8) is 0 Å². The van der Waals surface area contributed by atoms with Crippen molar-refractivity contribution < 1.29 is 4.74 Å². The van der Waals surface area contributed by atoms with Crippen LogP contribution in [0.5, 0.6) is 0 Å². The van der Waals surface area contributed by atoms with Crippen LogP contribution >= 0.6 is 0 Å². The minimum Gasteiger partial charge on any atom is -0.364 e. The van der Waals surface area contributed by atoms with Crippen molar-refractivity contribution in [3.8, 4) is 0 Å². The van der Waals surface area contributed by atoms with E-state index in [2.05, 4.69) is 12.2 Å². The number of rotatable bonds is 1. The lowest BCUT2D eigenvalue weighted by atomic mass is 10.2. The molecule has 1 N–H and O–H groups in total. The second-order valence-electron chi connectivity index (χ2n) is 2.47. The summed E-state index contributed by atoms with van der Waals surface area (Å²) in [6, 6.07) is 0. The molecule has 0 saturated carbocycles. The van der Waals surface area contributed by atoms with Crippen molar-refractivity contribution in [2.75, 3.05) is 13.7 Å². The van der Waals surface area contributed by atoms with E-state index in [1.165, 1.54) is 6.42 Å². The van der Waals surface area contributed by atoms with Crippen LogP contribution in [0.25, 0.3) is 0 Å². The van der Waals surface area contributed by atoms with Crippen LogP contribution in [-0.4, -0.2) is 19.4 Å². The Hall–Kier alpha value is -0.0800. The van der Waals surface area contributed by atoms with Crippen LogP contribution in [0, 0.1) is 0 Å². The number of hydrogen-bond acceptors (Lipinski definition) is 2. The van der Waals surface area contributed by atoms with E-state index in [4.69, 9.17) is 4.74 Å². The first kappa shape index (κ1) is 6.05. The van der Waals surface area contributed by atoms with E-state index in [9.17, 15) is 0 Å². The molecule has 2 heteroatoms. The maximum Gasteiger partial charge on any atom is 0.116 e. The predicted molar refractivity (Wildman–Crippen MR) is 32.7 cm³/mol. The van der Waals surface area contributed by atoms with Crippen LogP contribution in [0.4, 0.5) is 0 Å². The molecular formula is C6H13NO. The van der Waals surface area contributed by atoms with E-state index >= 15 is 0 Å². The zero-order valence-electron chi connectivity index (χ0n) is 5.53. The summed E-state index contributed by atoms with van der Waals surface area (Å²) >= 11 is 0. The topological polar surface area (TPSA) is 21.3 Å². The first-order valence-corrected chi connectivity index (χ1v) is 3.07. The second kappa shape index (κ2) is 2.03. The van der Waals surface area contributed by atoms with E-state index in [-0.39, 0.29) is 5.72 Å². The normalized spacial score (nSPS) is 38.2. The molecule has 1 aliphatic heterocycles. The van der Waals surface area contributed by atoms with Gasteiger partial charge in [-0.2, -0.15) is 0 Å². The van der Waals surface area contributed by atoms with Crippen molar-refractivity contribution in [3.05, 3.63) is 0 Å². The first-order chi connectivity index (χ1) is 3.77. The molecule has 48 valence electrons. The number of nitrogens with one attached hydrogen (secondary N) is 1. The molecule has 1 aliphatic rings. The standard InChI is InChI=1S/C6H13NO/c1-6(8-2)4-3-5-7-6/h7H,3-5H2,1-2H3/t6-/m0/s1. The van der Waals surface area contributed by atoms with Crippen LogP contribution in [0.15, 0.2) is 0 Å². The molecule has 1 saturated heterocycles. The highest BCUT2D eigenvalue weighted by Crippen LogP contribution is 2.17. The zero-order valence-corrected chi connectivity index (χ0v) is 5.53. The molecule has 0 spiro atoms. The van der Waals surface area contributed by atoms with Crippen molar-refractivity contribution >= 4 is 0 Å². The van der Waals surface area contributed by atoms with Gasteiger partial charge in [0, 0.05) is 7.11 Å². The fourth-order valence-electron chi connectivity index (χ4n) is 1.04. The van der Waals surface area contributed by atoms with E-state index in [0.717, 1.165) is 13.0 Å². The molecule has 0 aromatic heterocycles. The summed E-state index contributed by atoms with van der Waals surface area (Å²) < 4.78 is 5.19. The van der Waals surface area contributed by atoms with Crippen LogP contribution in [0.2, 0.25) is 0 Å². The van der Waals surface area contributed by atoms with Gasteiger partial charge in [0.15, 0.2) is 0 Å². The smallest absolute Gasteiger partial charge is 0.116 e. The molecule has 0 amide bonds. The molecule has 8 heavy (non-hydrogen) atoms. The summed E-state index contributed by atoms with van der Waals surface area (Å²) in [6.45, 7) is 3.18. The van der Waals surface area contributed by atoms with Gasteiger partial charge in [-0.15, -0.1) is 0 Å². The molecule has 1 rings (SSSR count). The summed E-state index contributed by atoms with van der Waals surface area (Å²) in [6.07, 6.45) is 2.38. The third-order valence-electron chi connectivity index (χ3n) is 1.78. The molecular weight excluding hydrogens is 102 g/mol. The van der Waals surface area contributed by atoms with E-state index in [1.807, 2.05) is 0 Å². The fourth-order valence-corrected chi connectivity index (χ4v) is 1.04. The Labute approximate surface area is 50.2 Å². The van der Waals surface area contributed by atoms with Gasteiger partial charge in [-0.1, -0.05) is 0 Å². The Morgan fingerprint density at radius 2 is 2.38 bits per heavy atom. The average molecular weight is 115 g/mol. The number of methoxy groups -OCH3 is 1. The van der Waals surface area contributed by atoms with Crippen LogP contribution in [0.3, 0.4) is 0 Å². The van der Waals surface area contributed by atoms with Gasteiger partial charge >= 0.3 is 0 Å². The van der Waals surface area contributed by atoms with E-state index in [0.29, 0.717) is 0 Å². The molecule has 1 heterocycles. The molecule has 1 atom stereocenters. The van der Waals surface area contributed by atoms with Gasteiger partial charge in [-0.3, -0.25) is 5.32 Å². The molecule has 0 unspecified atom stereocenters. The summed E-state index contributed by atoms with van der Waals surface area (Å²) in [5.74, 6) is 0. The third kappa shape index (κ3) is 1.01. The molecule has 0 bridgehead atoms. The Morgan fingerprint density at radius 1 is 1.62 bits per heavy atom. The summed E-state index contributed by atoms with van der Waals surface area (Å²) in [5, 5.41) is 3.26. The number of ether oxygens (including phenoxy) is 1. The fraction of sp³-hybridized carbons (Fsp3) is 1.00. The summed E-state index contributed by atoms with van der Waals surface area (Å²) in [4.78, 5) is 0. The highest BCUT2D eigenvalue weighted by molar-refractivity contribution is 4.78. The molecule has 0 aromatic rings. The largest absolute Gasteiger partial charge is 0.364 e. The minimum atomic E-state index is -0.0139. The summed E-state index contributed by atoms with van der Waals surface area (Å²) in [7, 11) is 1.75. The van der Waals surface area contributed by atoms with Crippen LogP contribution in [-0.2, 0) is 4.74 Å². The lowest BCUT2D eigenvalue weighted by Gasteiger charge is -2.21. The molecule has 0 radical (unpaired) electrons. The highest BCUT2D eigenvalue weighted by atomic mass is 16.5. The van der Waals surface area contributed by atoms with Crippen molar-refractivity contribution in [1.82, 2.24) is 5.32 Å². The van der Waals surface area contributed by atoms with Gasteiger partial charge in [0.2, 0.25) is 0 Å². The summed E-state index contributed by atoms with van der Waals surface area (Å²) in [5.41, 5.74) is -0.0139. The molecule has 0 aromatic carbocycles. The predicted octanol–water partition coefficient (Wildman–Crippen LogP) is 0.732. The molecule has 0 aliphatic carbocycles. The van der Waals surface area contributed by atoms with Crippen molar-refractivity contribution in [1.29, 1.82) is 0 Å². The maximum atomic E-state index is 5.19. The van der Waals surface area contributed by atoms with E-state index < -0.39 is 0 Å². The minimum absolute atomic E-state index is 0.0139. The zero-order chi connectivity index (χ0) is 6.04. The van der Waals surface area contributed by atoms with Crippen molar-refractivity contribution in [2.24, 2.45) is 0 Å². The average Bonchev–Trinajstić information content (AvgIpc) is 2.17. The maximum absolute atomic E-state index is 5.19. The van der Waals surface area contributed by atoms with Gasteiger partial charge in [0.25, 0.3) is 0 Å². The number of hydrogen-bond donors (Lipinski definition) is 1. The Balaban J connectivity index is 2.40. The Kier molecular flexibility index (Phi) is 1.54. The Bertz CT molecular complexity index is 76.6. The monoisotopic (exact) mass is 115 g/mol. The van der Waals surface area contributed by atoms with Crippen LogP contribution < -0.4 is 5.32 Å². The van der Waals surface area contributed by atoms with Crippen molar-refractivity contribution in [2.45, 2.75) is 25.5 Å². The van der Waals surface area contributed by atoms with Gasteiger partial charge in [-0.05, 0) is 26.3 Å². The van der Waals surface area contributed by atoms with Gasteiger partial charge in [0.05, 0.1) is 0 Å². The SMILES string of the molecule is CO[C@@]1(C)CCCN1. The van der Waals surface area contributed by atoms with Gasteiger partial charge < -0.3 is 4.74 Å². The van der Waals surface area contributed by atoms with Gasteiger partial charge in [0.1, 0.15) is 5.72 Å². The Morgan fingerprint density at radius 3 is 2.62 bits per heavy atom.